The average Bonchev–Trinajstić information content (AvgIpc) is 2.42. The second-order valence-electron chi connectivity index (χ2n) is 7.36. The van der Waals surface area contributed by atoms with Crippen LogP contribution in [0.5, 0.6) is 0 Å². The molecule has 0 aliphatic rings. The Kier molecular flexibility index (Phi) is 10.1. The summed E-state index contributed by atoms with van der Waals surface area (Å²) in [5.41, 5.74) is -1.60. The first kappa shape index (κ1) is 25.4. The van der Waals surface area contributed by atoms with Crippen LogP contribution in [0.25, 0.3) is 0 Å². The first-order chi connectivity index (χ1) is 12.2. The van der Waals surface area contributed by atoms with Gasteiger partial charge >= 0.3 is 19.8 Å². The highest BCUT2D eigenvalue weighted by Gasteiger charge is 2.28. The summed E-state index contributed by atoms with van der Waals surface area (Å²) < 4.78 is 32.9. The standard InChI is InChI=1S/C17H32NO8P/c1-9-22-27(21,23-10-2)13-11-12-18(14(19)24-16(3,4)5)26-15(20)25-17(6,7)8/h11,13H,9-10,12H2,1-8H3/b13-11+. The van der Waals surface area contributed by atoms with Gasteiger partial charge in [0, 0.05) is 5.82 Å². The number of hydrogen-bond acceptors (Lipinski definition) is 8. The molecular formula is C17H32NO8P. The highest BCUT2D eigenvalue weighted by Crippen LogP contribution is 2.49. The number of hydrogen-bond donors (Lipinski definition) is 0. The molecule has 0 unspecified atom stereocenters. The van der Waals surface area contributed by atoms with Gasteiger partial charge in [-0.15, -0.1) is 5.06 Å². The van der Waals surface area contributed by atoms with E-state index >= 15 is 0 Å². The van der Waals surface area contributed by atoms with Crippen LogP contribution in [0.1, 0.15) is 55.4 Å². The first-order valence-electron chi connectivity index (χ1n) is 8.69. The monoisotopic (exact) mass is 409 g/mol. The number of hydroxylamine groups is 2. The van der Waals surface area contributed by atoms with Gasteiger partial charge in [-0.05, 0) is 55.4 Å². The number of carbonyl (C=O) groups is 2. The van der Waals surface area contributed by atoms with Crippen LogP contribution in [-0.2, 0) is 27.9 Å². The van der Waals surface area contributed by atoms with Crippen LogP contribution in [0.15, 0.2) is 11.9 Å². The molecule has 0 heterocycles. The normalized spacial score (nSPS) is 12.7. The van der Waals surface area contributed by atoms with Crippen molar-refractivity contribution >= 4 is 19.8 Å². The summed E-state index contributed by atoms with van der Waals surface area (Å²) in [7, 11) is -3.45. The number of nitrogens with zero attached hydrogens (tertiary/aromatic N) is 1. The summed E-state index contributed by atoms with van der Waals surface area (Å²) in [6, 6.07) is 0. The maximum Gasteiger partial charge on any atom is 0.534 e. The molecule has 9 nitrogen and oxygen atoms in total. The molecule has 0 aromatic heterocycles. The van der Waals surface area contributed by atoms with E-state index in [0.29, 0.717) is 5.06 Å². The van der Waals surface area contributed by atoms with Gasteiger partial charge in [0.25, 0.3) is 0 Å². The smallest absolute Gasteiger partial charge is 0.442 e. The first-order valence-corrected chi connectivity index (χ1v) is 10.3. The molecule has 0 N–H and O–H groups in total. The number of rotatable bonds is 7. The molecule has 0 aromatic carbocycles. The highest BCUT2D eigenvalue weighted by atomic mass is 31.2. The van der Waals surface area contributed by atoms with E-state index in [9.17, 15) is 14.2 Å². The SMILES string of the molecule is CCOP(=O)(/C=C/CN(OC(=O)OC(C)(C)C)C(=O)OC(C)(C)C)OCC. The minimum Gasteiger partial charge on any atom is -0.442 e. The predicted molar refractivity (Wildman–Crippen MR) is 100 cm³/mol. The predicted octanol–water partition coefficient (Wildman–Crippen LogP) is 4.87. The lowest BCUT2D eigenvalue weighted by atomic mass is 10.2. The molecule has 0 atom stereocenters. The van der Waals surface area contributed by atoms with Crippen molar-refractivity contribution in [2.24, 2.45) is 0 Å². The molecule has 0 aromatic rings. The van der Waals surface area contributed by atoms with Crippen LogP contribution in [0.3, 0.4) is 0 Å². The van der Waals surface area contributed by atoms with Crippen LogP contribution >= 0.6 is 7.60 Å². The summed E-state index contributed by atoms with van der Waals surface area (Å²) in [4.78, 5) is 29.1. The molecule has 1 amide bonds. The van der Waals surface area contributed by atoms with Crippen molar-refractivity contribution in [1.29, 1.82) is 0 Å². The average molecular weight is 409 g/mol. The fraction of sp³-hybridized carbons (Fsp3) is 0.765. The van der Waals surface area contributed by atoms with Gasteiger partial charge in [0.1, 0.15) is 11.2 Å². The molecule has 0 rings (SSSR count). The van der Waals surface area contributed by atoms with Crippen molar-refractivity contribution in [2.75, 3.05) is 19.8 Å². The van der Waals surface area contributed by atoms with Crippen molar-refractivity contribution < 1.29 is 37.5 Å². The van der Waals surface area contributed by atoms with Gasteiger partial charge in [-0.1, -0.05) is 6.08 Å². The van der Waals surface area contributed by atoms with E-state index < -0.39 is 31.0 Å². The second-order valence-corrected chi connectivity index (χ2v) is 9.25. The molecule has 0 saturated carbocycles. The van der Waals surface area contributed by atoms with E-state index in [1.165, 1.54) is 11.9 Å². The van der Waals surface area contributed by atoms with E-state index in [0.717, 1.165) is 0 Å². The minimum absolute atomic E-state index is 0.186. The summed E-state index contributed by atoms with van der Waals surface area (Å²) in [5.74, 6) is 1.20. The van der Waals surface area contributed by atoms with Gasteiger partial charge in [0.05, 0.1) is 19.8 Å². The van der Waals surface area contributed by atoms with Crippen molar-refractivity contribution in [3.8, 4) is 0 Å². The maximum atomic E-state index is 12.4. The molecule has 0 aliphatic heterocycles. The number of ether oxygens (including phenoxy) is 2. The molecule has 27 heavy (non-hydrogen) atoms. The van der Waals surface area contributed by atoms with Crippen molar-refractivity contribution in [1.82, 2.24) is 5.06 Å². The molecule has 0 aliphatic carbocycles. The van der Waals surface area contributed by atoms with Crippen LogP contribution in [0, 0.1) is 0 Å². The van der Waals surface area contributed by atoms with Gasteiger partial charge in [0.15, 0.2) is 0 Å². The van der Waals surface area contributed by atoms with Crippen LogP contribution < -0.4 is 0 Å². The Morgan fingerprint density at radius 1 is 0.926 bits per heavy atom. The Balaban J connectivity index is 5.23. The zero-order valence-electron chi connectivity index (χ0n) is 17.4. The van der Waals surface area contributed by atoms with Crippen LogP contribution in [0.4, 0.5) is 9.59 Å². The fourth-order valence-electron chi connectivity index (χ4n) is 1.58. The third-order valence-corrected chi connectivity index (χ3v) is 4.16. The third kappa shape index (κ3) is 12.4. The van der Waals surface area contributed by atoms with Gasteiger partial charge in [-0.25, -0.2) is 9.59 Å². The zero-order valence-corrected chi connectivity index (χ0v) is 18.3. The highest BCUT2D eigenvalue weighted by molar-refractivity contribution is 7.57. The third-order valence-electron chi connectivity index (χ3n) is 2.35. The largest absolute Gasteiger partial charge is 0.534 e. The van der Waals surface area contributed by atoms with Crippen LogP contribution in [-0.4, -0.2) is 48.3 Å². The summed E-state index contributed by atoms with van der Waals surface area (Å²) >= 11 is 0. The minimum atomic E-state index is -3.45. The van der Waals surface area contributed by atoms with Gasteiger partial charge < -0.3 is 18.5 Å². The van der Waals surface area contributed by atoms with Gasteiger partial charge in [-0.3, -0.25) is 9.40 Å². The molecule has 10 heteroatoms. The van der Waals surface area contributed by atoms with Crippen molar-refractivity contribution in [3.05, 3.63) is 11.9 Å². The molecular weight excluding hydrogens is 377 g/mol. The van der Waals surface area contributed by atoms with E-state index in [2.05, 4.69) is 0 Å². The zero-order chi connectivity index (χ0) is 21.3. The van der Waals surface area contributed by atoms with Gasteiger partial charge in [-0.2, -0.15) is 0 Å². The summed E-state index contributed by atoms with van der Waals surface area (Å²) in [5, 5.41) is 0.665. The summed E-state index contributed by atoms with van der Waals surface area (Å²) in [6.45, 7) is 13.5. The van der Waals surface area contributed by atoms with Crippen molar-refractivity contribution in [2.45, 2.75) is 66.6 Å². The topological polar surface area (TPSA) is 101 Å². The van der Waals surface area contributed by atoms with E-state index in [1.54, 1.807) is 55.4 Å². The number of carbonyl (C=O) groups excluding carboxylic acids is 2. The fourth-order valence-corrected chi connectivity index (χ4v) is 2.89. The van der Waals surface area contributed by atoms with Crippen LogP contribution in [0.2, 0.25) is 0 Å². The number of amides is 1. The Morgan fingerprint density at radius 3 is 1.81 bits per heavy atom. The Hall–Kier alpha value is -1.57. The Labute approximate surface area is 161 Å². The molecule has 0 radical (unpaired) electrons. The quantitative estimate of drug-likeness (QED) is 0.333. The summed E-state index contributed by atoms with van der Waals surface area (Å²) in [6.07, 6.45) is -0.638. The Morgan fingerprint density at radius 2 is 1.41 bits per heavy atom. The van der Waals surface area contributed by atoms with E-state index in [1.807, 2.05) is 0 Å². The Bertz CT molecular complexity index is 552. The van der Waals surface area contributed by atoms with E-state index in [4.69, 9.17) is 23.4 Å². The second kappa shape index (κ2) is 10.7. The van der Waals surface area contributed by atoms with E-state index in [-0.39, 0.29) is 19.8 Å². The molecule has 0 bridgehead atoms. The van der Waals surface area contributed by atoms with Crippen molar-refractivity contribution in [3.63, 3.8) is 0 Å². The lowest BCUT2D eigenvalue weighted by molar-refractivity contribution is -0.130. The molecule has 0 fully saturated rings. The lowest BCUT2D eigenvalue weighted by Crippen LogP contribution is -2.39. The molecule has 0 spiro atoms. The molecule has 0 saturated heterocycles. The molecule has 158 valence electrons. The lowest BCUT2D eigenvalue weighted by Gasteiger charge is -2.26. The maximum absolute atomic E-state index is 12.4. The van der Waals surface area contributed by atoms with Gasteiger partial charge in [0.2, 0.25) is 0 Å².